The summed E-state index contributed by atoms with van der Waals surface area (Å²) in [4.78, 5) is 9.32. The minimum atomic E-state index is 0.210. The maximum absolute atomic E-state index is 4.73. The average molecular weight is 297 g/mol. The molecule has 0 aliphatic heterocycles. The van der Waals surface area contributed by atoms with Crippen molar-refractivity contribution in [3.05, 3.63) is 58.9 Å². The number of pyridine rings is 1. The summed E-state index contributed by atoms with van der Waals surface area (Å²) >= 11 is 1.77. The largest absolute Gasteiger partial charge is 0.311 e. The Kier molecular flexibility index (Phi) is 4.27. The van der Waals surface area contributed by atoms with Crippen molar-refractivity contribution in [2.45, 2.75) is 25.8 Å². The van der Waals surface area contributed by atoms with Crippen molar-refractivity contribution in [3.63, 3.8) is 0 Å². The monoisotopic (exact) mass is 297 g/mol. The Morgan fingerprint density at radius 3 is 2.81 bits per heavy atom. The summed E-state index contributed by atoms with van der Waals surface area (Å²) in [6.07, 6.45) is 3.75. The molecule has 0 amide bonds. The Balaban J connectivity index is 1.90. The first-order chi connectivity index (χ1) is 10.3. The zero-order chi connectivity index (χ0) is 14.7. The number of nitrogens with zero attached hydrogens (tertiary/aromatic N) is 2. The zero-order valence-electron chi connectivity index (χ0n) is 12.3. The van der Waals surface area contributed by atoms with E-state index in [1.807, 2.05) is 25.4 Å². The van der Waals surface area contributed by atoms with Crippen LogP contribution in [0.3, 0.4) is 0 Å². The number of thiazole rings is 1. The van der Waals surface area contributed by atoms with E-state index in [-0.39, 0.29) is 6.04 Å². The van der Waals surface area contributed by atoms with Gasteiger partial charge in [-0.1, -0.05) is 25.1 Å². The van der Waals surface area contributed by atoms with Crippen molar-refractivity contribution in [1.82, 2.24) is 15.3 Å². The Labute approximate surface area is 129 Å². The molecule has 21 heavy (non-hydrogen) atoms. The predicted octanol–water partition coefficient (Wildman–Crippen LogP) is 3.76. The van der Waals surface area contributed by atoms with Crippen molar-refractivity contribution in [1.29, 1.82) is 0 Å². The van der Waals surface area contributed by atoms with Gasteiger partial charge < -0.3 is 5.32 Å². The lowest BCUT2D eigenvalue weighted by atomic mass is 10.0. The molecule has 1 aromatic carbocycles. The maximum Gasteiger partial charge on any atom is 0.0958 e. The highest BCUT2D eigenvalue weighted by Gasteiger charge is 2.17. The molecular formula is C17H19N3S. The van der Waals surface area contributed by atoms with E-state index in [4.69, 9.17) is 4.98 Å². The van der Waals surface area contributed by atoms with Crippen LogP contribution >= 0.6 is 11.3 Å². The minimum Gasteiger partial charge on any atom is -0.311 e. The van der Waals surface area contributed by atoms with Crippen LogP contribution in [0.5, 0.6) is 0 Å². The third kappa shape index (κ3) is 2.96. The number of rotatable bonds is 5. The van der Waals surface area contributed by atoms with Crippen molar-refractivity contribution in [2.24, 2.45) is 0 Å². The summed E-state index contributed by atoms with van der Waals surface area (Å²) in [5, 5.41) is 4.55. The van der Waals surface area contributed by atoms with Gasteiger partial charge in [0.2, 0.25) is 0 Å². The number of hydrogen-bond donors (Lipinski definition) is 1. The molecule has 2 heterocycles. The topological polar surface area (TPSA) is 37.8 Å². The smallest absolute Gasteiger partial charge is 0.0958 e. The molecule has 1 N–H and O–H groups in total. The molecule has 3 aromatic rings. The van der Waals surface area contributed by atoms with Gasteiger partial charge in [0.15, 0.2) is 0 Å². The fourth-order valence-electron chi connectivity index (χ4n) is 2.58. The van der Waals surface area contributed by atoms with Gasteiger partial charge >= 0.3 is 0 Å². The molecule has 3 nitrogen and oxygen atoms in total. The lowest BCUT2D eigenvalue weighted by Gasteiger charge is -2.17. The van der Waals surface area contributed by atoms with Gasteiger partial charge in [0, 0.05) is 12.6 Å². The molecule has 1 unspecified atom stereocenters. The second kappa shape index (κ2) is 6.33. The summed E-state index contributed by atoms with van der Waals surface area (Å²) in [7, 11) is 1.99. The molecule has 4 heteroatoms. The first-order valence-corrected chi connectivity index (χ1v) is 8.09. The lowest BCUT2D eigenvalue weighted by molar-refractivity contribution is 0.569. The summed E-state index contributed by atoms with van der Waals surface area (Å²) in [6, 6.07) is 12.7. The second-order valence-electron chi connectivity index (χ2n) is 5.02. The van der Waals surface area contributed by atoms with E-state index in [1.54, 1.807) is 11.3 Å². The fourth-order valence-corrected chi connectivity index (χ4v) is 3.59. The standard InChI is InChI=1S/C17H19N3S/c1-3-12-7-6-10-19-17(12)14(18-2)11-16-20-13-8-4-5-9-15(13)21-16/h4-10,14,18H,3,11H2,1-2H3. The number of benzene rings is 1. The molecule has 1 atom stereocenters. The molecule has 3 rings (SSSR count). The highest BCUT2D eigenvalue weighted by Crippen LogP contribution is 2.26. The van der Waals surface area contributed by atoms with Crippen LogP contribution in [0.15, 0.2) is 42.6 Å². The summed E-state index contributed by atoms with van der Waals surface area (Å²) in [5.74, 6) is 0. The predicted molar refractivity (Wildman–Crippen MR) is 88.7 cm³/mol. The molecule has 0 saturated carbocycles. The van der Waals surface area contributed by atoms with Gasteiger partial charge in [0.1, 0.15) is 0 Å². The lowest BCUT2D eigenvalue weighted by Crippen LogP contribution is -2.21. The highest BCUT2D eigenvalue weighted by atomic mass is 32.1. The molecule has 0 fully saturated rings. The number of hydrogen-bond acceptors (Lipinski definition) is 4. The second-order valence-corrected chi connectivity index (χ2v) is 6.14. The molecule has 0 radical (unpaired) electrons. The van der Waals surface area contributed by atoms with Crippen LogP contribution < -0.4 is 5.32 Å². The van der Waals surface area contributed by atoms with E-state index >= 15 is 0 Å². The molecule has 2 aromatic heterocycles. The van der Waals surface area contributed by atoms with Crippen LogP contribution in [0.25, 0.3) is 10.2 Å². The molecule has 0 bridgehead atoms. The van der Waals surface area contributed by atoms with Gasteiger partial charge in [0.25, 0.3) is 0 Å². The minimum absolute atomic E-state index is 0.210. The summed E-state index contributed by atoms with van der Waals surface area (Å²) < 4.78 is 1.25. The molecule has 0 aliphatic carbocycles. The van der Waals surface area contributed by atoms with Gasteiger partial charge in [-0.25, -0.2) is 4.98 Å². The van der Waals surface area contributed by atoms with Crippen LogP contribution in [0, 0.1) is 0 Å². The Hall–Kier alpha value is -1.78. The number of fused-ring (bicyclic) bond motifs is 1. The summed E-state index contributed by atoms with van der Waals surface area (Å²) in [6.45, 7) is 2.17. The van der Waals surface area contributed by atoms with Gasteiger partial charge in [0.05, 0.1) is 27.0 Å². The molecular weight excluding hydrogens is 278 g/mol. The maximum atomic E-state index is 4.73. The van der Waals surface area contributed by atoms with E-state index in [9.17, 15) is 0 Å². The van der Waals surface area contributed by atoms with Gasteiger partial charge in [-0.15, -0.1) is 11.3 Å². The zero-order valence-corrected chi connectivity index (χ0v) is 13.2. The van der Waals surface area contributed by atoms with E-state index in [0.717, 1.165) is 29.1 Å². The number of likely N-dealkylation sites (N-methyl/N-ethyl adjacent to an activating group) is 1. The van der Waals surface area contributed by atoms with E-state index in [0.29, 0.717) is 0 Å². The van der Waals surface area contributed by atoms with E-state index in [1.165, 1.54) is 10.3 Å². The van der Waals surface area contributed by atoms with Gasteiger partial charge in [-0.05, 0) is 37.2 Å². The Morgan fingerprint density at radius 2 is 2.05 bits per heavy atom. The van der Waals surface area contributed by atoms with E-state index < -0.39 is 0 Å². The summed E-state index contributed by atoms with van der Waals surface area (Å²) in [5.41, 5.74) is 3.53. The SMILES string of the molecule is CCc1cccnc1C(Cc1nc2ccccc2s1)NC. The Morgan fingerprint density at radius 1 is 1.19 bits per heavy atom. The third-order valence-electron chi connectivity index (χ3n) is 3.70. The van der Waals surface area contributed by atoms with Crippen molar-refractivity contribution < 1.29 is 0 Å². The molecule has 0 aliphatic rings. The first kappa shape index (κ1) is 14.2. The van der Waals surface area contributed by atoms with Crippen molar-refractivity contribution >= 4 is 21.6 Å². The normalized spacial score (nSPS) is 12.7. The molecule has 0 spiro atoms. The molecule has 108 valence electrons. The van der Waals surface area contributed by atoms with Crippen molar-refractivity contribution in [2.75, 3.05) is 7.05 Å². The number of para-hydroxylation sites is 1. The third-order valence-corrected chi connectivity index (χ3v) is 4.76. The molecule has 0 saturated heterocycles. The number of aryl methyl sites for hydroxylation is 1. The van der Waals surface area contributed by atoms with Crippen LogP contribution in [0.1, 0.15) is 29.2 Å². The van der Waals surface area contributed by atoms with Crippen LogP contribution in [-0.4, -0.2) is 17.0 Å². The van der Waals surface area contributed by atoms with Crippen LogP contribution in [0.4, 0.5) is 0 Å². The van der Waals surface area contributed by atoms with Gasteiger partial charge in [-0.3, -0.25) is 4.98 Å². The number of nitrogens with one attached hydrogen (secondary N) is 1. The van der Waals surface area contributed by atoms with Gasteiger partial charge in [-0.2, -0.15) is 0 Å². The fraction of sp³-hybridized carbons (Fsp3) is 0.294. The highest BCUT2D eigenvalue weighted by molar-refractivity contribution is 7.18. The van der Waals surface area contributed by atoms with Crippen LogP contribution in [-0.2, 0) is 12.8 Å². The first-order valence-electron chi connectivity index (χ1n) is 7.27. The number of aromatic nitrogens is 2. The van der Waals surface area contributed by atoms with E-state index in [2.05, 4.69) is 41.5 Å². The Bertz CT molecular complexity index is 702. The van der Waals surface area contributed by atoms with Crippen molar-refractivity contribution in [3.8, 4) is 0 Å². The quantitative estimate of drug-likeness (QED) is 0.779. The average Bonchev–Trinajstić information content (AvgIpc) is 2.95. The van der Waals surface area contributed by atoms with Crippen LogP contribution in [0.2, 0.25) is 0 Å².